The van der Waals surface area contributed by atoms with Crippen LogP contribution >= 0.6 is 0 Å². The van der Waals surface area contributed by atoms with Gasteiger partial charge in [0.25, 0.3) is 0 Å². The molecule has 0 aliphatic carbocycles. The van der Waals surface area contributed by atoms with E-state index in [1.165, 1.54) is 6.07 Å². The SMILES string of the molecule is NCc1cc(F)cc(N2CCCOCC2)c1. The number of benzene rings is 1. The third kappa shape index (κ3) is 2.71. The Balaban J connectivity index is 2.20. The van der Waals surface area contributed by atoms with E-state index < -0.39 is 0 Å². The largest absolute Gasteiger partial charge is 0.380 e. The molecule has 1 aliphatic heterocycles. The van der Waals surface area contributed by atoms with Crippen molar-refractivity contribution in [2.45, 2.75) is 13.0 Å². The van der Waals surface area contributed by atoms with Crippen LogP contribution in [0.1, 0.15) is 12.0 Å². The van der Waals surface area contributed by atoms with Gasteiger partial charge in [0.15, 0.2) is 0 Å². The summed E-state index contributed by atoms with van der Waals surface area (Å²) in [5.74, 6) is -0.219. The number of ether oxygens (including phenoxy) is 1. The minimum Gasteiger partial charge on any atom is -0.380 e. The first-order valence-electron chi connectivity index (χ1n) is 5.62. The Bertz CT molecular complexity index is 349. The summed E-state index contributed by atoms with van der Waals surface area (Å²) in [6, 6.07) is 5.00. The average molecular weight is 224 g/mol. The van der Waals surface area contributed by atoms with Gasteiger partial charge in [0.1, 0.15) is 5.82 Å². The highest BCUT2D eigenvalue weighted by Crippen LogP contribution is 2.19. The molecule has 1 saturated heterocycles. The van der Waals surface area contributed by atoms with Crippen LogP contribution in [-0.4, -0.2) is 26.3 Å². The molecule has 0 bridgehead atoms. The minimum absolute atomic E-state index is 0.219. The van der Waals surface area contributed by atoms with Crippen LogP contribution < -0.4 is 10.6 Å². The van der Waals surface area contributed by atoms with Crippen LogP contribution in [0.3, 0.4) is 0 Å². The first kappa shape index (κ1) is 11.4. The fraction of sp³-hybridized carbons (Fsp3) is 0.500. The third-order valence-electron chi connectivity index (χ3n) is 2.77. The molecule has 16 heavy (non-hydrogen) atoms. The summed E-state index contributed by atoms with van der Waals surface area (Å²) in [6.07, 6.45) is 0.981. The highest BCUT2D eigenvalue weighted by atomic mass is 19.1. The van der Waals surface area contributed by atoms with Crippen LogP contribution in [0.25, 0.3) is 0 Å². The zero-order valence-corrected chi connectivity index (χ0v) is 9.29. The summed E-state index contributed by atoms with van der Waals surface area (Å²) < 4.78 is 18.7. The molecule has 0 amide bonds. The van der Waals surface area contributed by atoms with Gasteiger partial charge in [-0.1, -0.05) is 0 Å². The van der Waals surface area contributed by atoms with E-state index in [4.69, 9.17) is 10.5 Å². The number of hydrogen-bond donors (Lipinski definition) is 1. The van der Waals surface area contributed by atoms with Crippen LogP contribution in [0, 0.1) is 5.82 Å². The van der Waals surface area contributed by atoms with E-state index in [0.717, 1.165) is 37.4 Å². The summed E-state index contributed by atoms with van der Waals surface area (Å²) in [7, 11) is 0. The van der Waals surface area contributed by atoms with Gasteiger partial charge in [-0.15, -0.1) is 0 Å². The second kappa shape index (κ2) is 5.27. The molecule has 0 saturated carbocycles. The summed E-state index contributed by atoms with van der Waals surface area (Å²) in [4.78, 5) is 2.15. The topological polar surface area (TPSA) is 38.5 Å². The normalized spacial score (nSPS) is 17.2. The fourth-order valence-electron chi connectivity index (χ4n) is 1.94. The van der Waals surface area contributed by atoms with Crippen LogP contribution in [0.15, 0.2) is 18.2 Å². The zero-order valence-electron chi connectivity index (χ0n) is 9.29. The fourth-order valence-corrected chi connectivity index (χ4v) is 1.94. The molecule has 0 radical (unpaired) electrons. The molecule has 1 fully saturated rings. The Labute approximate surface area is 95.0 Å². The molecule has 1 heterocycles. The van der Waals surface area contributed by atoms with Crippen molar-refractivity contribution in [3.8, 4) is 0 Å². The number of anilines is 1. The predicted molar refractivity (Wildman–Crippen MR) is 61.9 cm³/mol. The molecule has 4 heteroatoms. The number of nitrogens with zero attached hydrogens (tertiary/aromatic N) is 1. The average Bonchev–Trinajstić information content (AvgIpc) is 2.56. The van der Waals surface area contributed by atoms with Crippen molar-refractivity contribution in [2.75, 3.05) is 31.2 Å². The van der Waals surface area contributed by atoms with E-state index in [1.54, 1.807) is 6.07 Å². The lowest BCUT2D eigenvalue weighted by atomic mass is 10.1. The molecule has 0 unspecified atom stereocenters. The van der Waals surface area contributed by atoms with Gasteiger partial charge < -0.3 is 15.4 Å². The van der Waals surface area contributed by atoms with Crippen LogP contribution in [-0.2, 0) is 11.3 Å². The van der Waals surface area contributed by atoms with Crippen molar-refractivity contribution in [1.29, 1.82) is 0 Å². The van der Waals surface area contributed by atoms with Gasteiger partial charge in [-0.25, -0.2) is 4.39 Å². The lowest BCUT2D eigenvalue weighted by molar-refractivity contribution is 0.152. The summed E-state index contributed by atoms with van der Waals surface area (Å²) in [6.45, 7) is 3.58. The maximum atomic E-state index is 13.4. The standard InChI is InChI=1S/C12H17FN2O/c13-11-6-10(9-14)7-12(8-11)15-2-1-4-16-5-3-15/h6-8H,1-5,9,14H2. The third-order valence-corrected chi connectivity index (χ3v) is 2.77. The molecule has 0 atom stereocenters. The van der Waals surface area contributed by atoms with E-state index in [0.29, 0.717) is 13.2 Å². The first-order valence-corrected chi connectivity index (χ1v) is 5.62. The number of rotatable bonds is 2. The highest BCUT2D eigenvalue weighted by Gasteiger charge is 2.11. The van der Waals surface area contributed by atoms with E-state index >= 15 is 0 Å². The van der Waals surface area contributed by atoms with Crippen LogP contribution in [0.4, 0.5) is 10.1 Å². The molecule has 2 rings (SSSR count). The summed E-state index contributed by atoms with van der Waals surface area (Å²) in [5.41, 5.74) is 7.28. The lowest BCUT2D eigenvalue weighted by Gasteiger charge is -2.22. The van der Waals surface area contributed by atoms with Crippen molar-refractivity contribution in [3.05, 3.63) is 29.6 Å². The van der Waals surface area contributed by atoms with Crippen molar-refractivity contribution in [2.24, 2.45) is 5.73 Å². The quantitative estimate of drug-likeness (QED) is 0.827. The summed E-state index contributed by atoms with van der Waals surface area (Å²) in [5, 5.41) is 0. The smallest absolute Gasteiger partial charge is 0.125 e. The molecular formula is C12H17FN2O. The molecule has 1 aromatic carbocycles. The van der Waals surface area contributed by atoms with Crippen molar-refractivity contribution < 1.29 is 9.13 Å². The van der Waals surface area contributed by atoms with Crippen LogP contribution in [0.2, 0.25) is 0 Å². The Kier molecular flexibility index (Phi) is 3.74. The number of nitrogens with two attached hydrogens (primary N) is 1. The Morgan fingerprint density at radius 1 is 1.25 bits per heavy atom. The van der Waals surface area contributed by atoms with Gasteiger partial charge >= 0.3 is 0 Å². The summed E-state index contributed by atoms with van der Waals surface area (Å²) >= 11 is 0. The zero-order chi connectivity index (χ0) is 11.4. The minimum atomic E-state index is -0.219. The molecule has 1 aromatic rings. The monoisotopic (exact) mass is 224 g/mol. The molecular weight excluding hydrogens is 207 g/mol. The van der Waals surface area contributed by atoms with Gasteiger partial charge in [0, 0.05) is 31.9 Å². The highest BCUT2D eigenvalue weighted by molar-refractivity contribution is 5.49. The van der Waals surface area contributed by atoms with Gasteiger partial charge in [0.2, 0.25) is 0 Å². The van der Waals surface area contributed by atoms with E-state index in [1.807, 2.05) is 6.07 Å². The van der Waals surface area contributed by atoms with Gasteiger partial charge in [-0.05, 0) is 30.2 Å². The van der Waals surface area contributed by atoms with Crippen molar-refractivity contribution in [1.82, 2.24) is 0 Å². The maximum Gasteiger partial charge on any atom is 0.125 e. The molecule has 0 aromatic heterocycles. The lowest BCUT2D eigenvalue weighted by Crippen LogP contribution is -2.26. The van der Waals surface area contributed by atoms with E-state index in [2.05, 4.69) is 4.90 Å². The van der Waals surface area contributed by atoms with E-state index in [-0.39, 0.29) is 5.82 Å². The molecule has 3 nitrogen and oxygen atoms in total. The molecule has 88 valence electrons. The Morgan fingerprint density at radius 2 is 2.12 bits per heavy atom. The van der Waals surface area contributed by atoms with E-state index in [9.17, 15) is 4.39 Å². The molecule has 0 spiro atoms. The number of hydrogen-bond acceptors (Lipinski definition) is 3. The Hall–Kier alpha value is -1.13. The van der Waals surface area contributed by atoms with Gasteiger partial charge in [0.05, 0.1) is 6.61 Å². The second-order valence-corrected chi connectivity index (χ2v) is 3.97. The first-order chi connectivity index (χ1) is 7.79. The van der Waals surface area contributed by atoms with Gasteiger partial charge in [-0.2, -0.15) is 0 Å². The molecule has 2 N–H and O–H groups in total. The maximum absolute atomic E-state index is 13.4. The van der Waals surface area contributed by atoms with Crippen molar-refractivity contribution >= 4 is 5.69 Å². The van der Waals surface area contributed by atoms with Crippen LogP contribution in [0.5, 0.6) is 0 Å². The Morgan fingerprint density at radius 3 is 2.94 bits per heavy atom. The van der Waals surface area contributed by atoms with Crippen molar-refractivity contribution in [3.63, 3.8) is 0 Å². The van der Waals surface area contributed by atoms with Gasteiger partial charge in [-0.3, -0.25) is 0 Å². The number of halogens is 1. The molecule has 1 aliphatic rings. The second-order valence-electron chi connectivity index (χ2n) is 3.97. The predicted octanol–water partition coefficient (Wildman–Crippen LogP) is 1.51.